The van der Waals surface area contributed by atoms with Crippen LogP contribution < -0.4 is 5.32 Å². The number of halogens is 2. The fraction of sp³-hybridized carbons (Fsp3) is 0.263. The van der Waals surface area contributed by atoms with Crippen LogP contribution in [0.15, 0.2) is 36.4 Å². The number of likely N-dealkylation sites (tertiary alicyclic amines) is 1. The normalized spacial score (nSPS) is 16.1. The third-order valence-electron chi connectivity index (χ3n) is 4.64. The van der Waals surface area contributed by atoms with Gasteiger partial charge >= 0.3 is 0 Å². The maximum absolute atomic E-state index is 12.9. The van der Waals surface area contributed by atoms with Crippen molar-refractivity contribution in [2.24, 2.45) is 0 Å². The van der Waals surface area contributed by atoms with E-state index in [4.69, 9.17) is 23.2 Å². The third-order valence-corrected chi connectivity index (χ3v) is 5.38. The lowest BCUT2D eigenvalue weighted by atomic mass is 10.1. The molecule has 2 aromatic carbocycles. The number of hydrogen-bond acceptors (Lipinski definition) is 4. The second-order valence-corrected chi connectivity index (χ2v) is 7.35. The van der Waals surface area contributed by atoms with Crippen LogP contribution in [0.4, 0.5) is 11.4 Å². The van der Waals surface area contributed by atoms with Crippen LogP contribution in [0, 0.1) is 17.0 Å². The van der Waals surface area contributed by atoms with E-state index in [-0.39, 0.29) is 17.5 Å². The van der Waals surface area contributed by atoms with Crippen molar-refractivity contribution in [2.75, 3.05) is 11.9 Å². The lowest BCUT2D eigenvalue weighted by Crippen LogP contribution is -2.43. The Morgan fingerprint density at radius 3 is 2.57 bits per heavy atom. The van der Waals surface area contributed by atoms with Crippen molar-refractivity contribution in [2.45, 2.75) is 25.8 Å². The molecule has 7 nitrogen and oxygen atoms in total. The van der Waals surface area contributed by atoms with Crippen LogP contribution >= 0.6 is 23.2 Å². The Hall–Kier alpha value is -2.64. The number of amides is 2. The molecule has 0 aliphatic carbocycles. The first kappa shape index (κ1) is 20.1. The van der Waals surface area contributed by atoms with Crippen LogP contribution in [0.1, 0.15) is 28.8 Å². The second-order valence-electron chi connectivity index (χ2n) is 6.53. The summed E-state index contributed by atoms with van der Waals surface area (Å²) in [5.74, 6) is -0.646. The lowest BCUT2D eigenvalue weighted by Gasteiger charge is -2.24. The van der Waals surface area contributed by atoms with E-state index in [9.17, 15) is 19.7 Å². The number of carbonyl (C=O) groups excluding carboxylic acids is 2. The number of nitrogens with zero attached hydrogens (tertiary/aromatic N) is 2. The molecular weight excluding hydrogens is 405 g/mol. The number of aryl methyl sites for hydroxylation is 1. The summed E-state index contributed by atoms with van der Waals surface area (Å²) < 4.78 is 0. The van der Waals surface area contributed by atoms with E-state index in [1.165, 1.54) is 23.1 Å². The van der Waals surface area contributed by atoms with Crippen molar-refractivity contribution in [1.29, 1.82) is 0 Å². The smallest absolute Gasteiger partial charge is 0.272 e. The predicted octanol–water partition coefficient (Wildman–Crippen LogP) is 4.45. The van der Waals surface area contributed by atoms with Gasteiger partial charge in [0.1, 0.15) is 6.04 Å². The average Bonchev–Trinajstić information content (AvgIpc) is 3.13. The summed E-state index contributed by atoms with van der Waals surface area (Å²) in [5.41, 5.74) is 1.15. The molecule has 0 spiro atoms. The molecule has 1 unspecified atom stereocenters. The van der Waals surface area contributed by atoms with E-state index in [0.717, 1.165) is 0 Å². The molecule has 3 rings (SSSR count). The minimum absolute atomic E-state index is 0.0492. The van der Waals surface area contributed by atoms with Gasteiger partial charge in [-0.05, 0) is 50.1 Å². The highest BCUT2D eigenvalue weighted by molar-refractivity contribution is 6.42. The Balaban J connectivity index is 1.77. The Morgan fingerprint density at radius 1 is 1.18 bits per heavy atom. The Morgan fingerprint density at radius 2 is 1.93 bits per heavy atom. The minimum Gasteiger partial charge on any atom is -0.327 e. The van der Waals surface area contributed by atoms with Gasteiger partial charge in [-0.15, -0.1) is 0 Å². The van der Waals surface area contributed by atoms with Gasteiger partial charge in [-0.2, -0.15) is 0 Å². The minimum atomic E-state index is -0.627. The highest BCUT2D eigenvalue weighted by atomic mass is 35.5. The zero-order chi connectivity index (χ0) is 20.4. The SMILES string of the molecule is Cc1cc(C(=O)N2CCCC2C(=O)Nc2ccc(Cl)c(Cl)c2)ccc1[N+](=O)[O-]. The third kappa shape index (κ3) is 4.10. The van der Waals surface area contributed by atoms with E-state index in [1.807, 2.05) is 0 Å². The molecule has 1 atom stereocenters. The van der Waals surface area contributed by atoms with Gasteiger partial charge in [0.25, 0.3) is 11.6 Å². The van der Waals surface area contributed by atoms with E-state index in [0.29, 0.717) is 46.2 Å². The van der Waals surface area contributed by atoms with Crippen molar-refractivity contribution in [3.63, 3.8) is 0 Å². The predicted molar refractivity (Wildman–Crippen MR) is 107 cm³/mol. The monoisotopic (exact) mass is 421 g/mol. The van der Waals surface area contributed by atoms with E-state index in [2.05, 4.69) is 5.32 Å². The summed E-state index contributed by atoms with van der Waals surface area (Å²) in [7, 11) is 0. The molecule has 2 amide bonds. The van der Waals surface area contributed by atoms with Crippen LogP contribution in [0.5, 0.6) is 0 Å². The van der Waals surface area contributed by atoms with Gasteiger partial charge in [-0.1, -0.05) is 23.2 Å². The number of nitrogens with one attached hydrogen (secondary N) is 1. The van der Waals surface area contributed by atoms with Crippen LogP contribution in [0.25, 0.3) is 0 Å². The van der Waals surface area contributed by atoms with E-state index < -0.39 is 11.0 Å². The first-order chi connectivity index (χ1) is 13.3. The molecule has 1 saturated heterocycles. The van der Waals surface area contributed by atoms with E-state index in [1.54, 1.807) is 25.1 Å². The molecule has 0 aromatic heterocycles. The summed E-state index contributed by atoms with van der Waals surface area (Å²) in [6, 6.07) is 8.33. The number of carbonyl (C=O) groups is 2. The van der Waals surface area contributed by atoms with Crippen LogP contribution in [0.2, 0.25) is 10.0 Å². The zero-order valence-corrected chi connectivity index (χ0v) is 16.5. The molecule has 0 saturated carbocycles. The van der Waals surface area contributed by atoms with Gasteiger partial charge in [-0.25, -0.2) is 0 Å². The Kier molecular flexibility index (Phi) is 5.86. The molecule has 0 radical (unpaired) electrons. The van der Waals surface area contributed by atoms with Crippen LogP contribution in [-0.2, 0) is 4.79 Å². The highest BCUT2D eigenvalue weighted by Gasteiger charge is 2.35. The topological polar surface area (TPSA) is 92.6 Å². The van der Waals surface area contributed by atoms with Crippen LogP contribution in [-0.4, -0.2) is 34.2 Å². The molecule has 9 heteroatoms. The standard InChI is InChI=1S/C19H17Cl2N3O4/c1-11-9-12(4-7-16(11)24(27)28)19(26)23-8-2-3-17(23)18(25)22-13-5-6-14(20)15(21)10-13/h4-7,9-10,17H,2-3,8H2,1H3,(H,22,25). The number of hydrogen-bond donors (Lipinski definition) is 1. The molecule has 1 fully saturated rings. The molecule has 28 heavy (non-hydrogen) atoms. The summed E-state index contributed by atoms with van der Waals surface area (Å²) in [4.78, 5) is 37.5. The van der Waals surface area contributed by atoms with Gasteiger partial charge in [0.15, 0.2) is 0 Å². The molecule has 2 aromatic rings. The first-order valence-electron chi connectivity index (χ1n) is 8.60. The van der Waals surface area contributed by atoms with Gasteiger partial charge in [0, 0.05) is 29.4 Å². The maximum Gasteiger partial charge on any atom is 0.272 e. The van der Waals surface area contributed by atoms with Crippen molar-refractivity contribution in [3.05, 3.63) is 67.7 Å². The van der Waals surface area contributed by atoms with Gasteiger partial charge < -0.3 is 10.2 Å². The largest absolute Gasteiger partial charge is 0.327 e. The summed E-state index contributed by atoms with van der Waals surface area (Å²) >= 11 is 11.9. The van der Waals surface area contributed by atoms with Crippen molar-refractivity contribution >= 4 is 46.4 Å². The summed E-state index contributed by atoms with van der Waals surface area (Å²) in [6.45, 7) is 2.02. The molecular formula is C19H17Cl2N3O4. The number of nitro groups is 1. The lowest BCUT2D eigenvalue weighted by molar-refractivity contribution is -0.385. The number of anilines is 1. The Bertz CT molecular complexity index is 964. The molecule has 1 aliphatic heterocycles. The van der Waals surface area contributed by atoms with Gasteiger partial charge in [0.2, 0.25) is 5.91 Å². The Labute approximate surface area is 171 Å². The second kappa shape index (κ2) is 8.16. The number of nitro benzene ring substituents is 1. The summed E-state index contributed by atoms with van der Waals surface area (Å²) in [6.07, 6.45) is 1.22. The maximum atomic E-state index is 12.9. The van der Waals surface area contributed by atoms with E-state index >= 15 is 0 Å². The van der Waals surface area contributed by atoms with Crippen molar-refractivity contribution in [1.82, 2.24) is 4.90 Å². The first-order valence-corrected chi connectivity index (χ1v) is 9.35. The highest BCUT2D eigenvalue weighted by Crippen LogP contribution is 2.27. The fourth-order valence-electron chi connectivity index (χ4n) is 3.24. The average molecular weight is 422 g/mol. The van der Waals surface area contributed by atoms with Gasteiger partial charge in [-0.3, -0.25) is 19.7 Å². The van der Waals surface area contributed by atoms with Crippen molar-refractivity contribution in [3.8, 4) is 0 Å². The molecule has 1 aliphatic rings. The molecule has 146 valence electrons. The quantitative estimate of drug-likeness (QED) is 0.582. The molecule has 1 heterocycles. The number of benzene rings is 2. The number of rotatable bonds is 4. The van der Waals surface area contributed by atoms with Gasteiger partial charge in [0.05, 0.1) is 15.0 Å². The molecule has 1 N–H and O–H groups in total. The molecule has 0 bridgehead atoms. The zero-order valence-electron chi connectivity index (χ0n) is 14.9. The van der Waals surface area contributed by atoms with Crippen LogP contribution in [0.3, 0.4) is 0 Å². The van der Waals surface area contributed by atoms with Crippen molar-refractivity contribution < 1.29 is 14.5 Å². The summed E-state index contributed by atoms with van der Waals surface area (Å²) in [5, 5.41) is 14.4. The fourth-order valence-corrected chi connectivity index (χ4v) is 3.54.